The average Bonchev–Trinajstić information content (AvgIpc) is 2.29. The van der Waals surface area contributed by atoms with Gasteiger partial charge in [-0.3, -0.25) is 4.79 Å². The molecule has 19 heavy (non-hydrogen) atoms. The number of halogens is 3. The molecule has 0 aliphatic carbocycles. The van der Waals surface area contributed by atoms with Crippen molar-refractivity contribution in [2.75, 3.05) is 7.11 Å². The van der Waals surface area contributed by atoms with Gasteiger partial charge in [0.1, 0.15) is 5.56 Å². The molecule has 2 N–H and O–H groups in total. The van der Waals surface area contributed by atoms with E-state index in [1.165, 1.54) is 6.92 Å². The number of methoxy groups -OCH3 is 1. The predicted octanol–water partition coefficient (Wildman–Crippen LogP) is 2.68. The zero-order valence-electron chi connectivity index (χ0n) is 10.3. The number of aliphatic carboxylic acids is 1. The fourth-order valence-corrected chi connectivity index (χ4v) is 1.62. The SMILES string of the molecule is COc1c(C(F)(F)F)ccc(CC(C)C(=O)O)c1O. The molecule has 0 spiro atoms. The first-order chi connectivity index (χ1) is 8.68. The number of phenolic OH excluding ortho intramolecular Hbond substituents is 1. The zero-order valence-corrected chi connectivity index (χ0v) is 10.3. The fraction of sp³-hybridized carbons (Fsp3) is 0.417. The number of rotatable bonds is 4. The summed E-state index contributed by atoms with van der Waals surface area (Å²) < 4.78 is 42.5. The minimum absolute atomic E-state index is 0.0876. The van der Waals surface area contributed by atoms with Gasteiger partial charge in [-0.2, -0.15) is 13.2 Å². The Bertz CT molecular complexity index is 483. The first kappa shape index (κ1) is 15.1. The summed E-state index contributed by atoms with van der Waals surface area (Å²) in [5.41, 5.74) is -1.00. The molecule has 0 saturated carbocycles. The van der Waals surface area contributed by atoms with Gasteiger partial charge in [0.05, 0.1) is 13.0 Å². The molecule has 7 heteroatoms. The first-order valence-electron chi connectivity index (χ1n) is 5.37. The van der Waals surface area contributed by atoms with Crippen LogP contribution < -0.4 is 4.74 Å². The van der Waals surface area contributed by atoms with Crippen LogP contribution in [0.5, 0.6) is 11.5 Å². The van der Waals surface area contributed by atoms with E-state index in [0.717, 1.165) is 19.2 Å². The molecule has 0 aliphatic heterocycles. The first-order valence-corrected chi connectivity index (χ1v) is 5.37. The topological polar surface area (TPSA) is 66.8 Å². The van der Waals surface area contributed by atoms with Crippen LogP contribution in [-0.2, 0) is 17.4 Å². The standard InChI is InChI=1S/C12H13F3O4/c1-6(11(17)18)5-7-3-4-8(12(13,14)15)10(19-2)9(7)16/h3-4,6,16H,5H2,1-2H3,(H,17,18). The van der Waals surface area contributed by atoms with Gasteiger partial charge in [-0.05, 0) is 18.1 Å². The van der Waals surface area contributed by atoms with Crippen LogP contribution in [-0.4, -0.2) is 23.3 Å². The van der Waals surface area contributed by atoms with Crippen LogP contribution in [0.25, 0.3) is 0 Å². The summed E-state index contributed by atoms with van der Waals surface area (Å²) in [7, 11) is 1.01. The molecule has 0 fully saturated rings. The van der Waals surface area contributed by atoms with Gasteiger partial charge in [0, 0.05) is 0 Å². The predicted molar refractivity (Wildman–Crippen MR) is 60.2 cm³/mol. The third-order valence-electron chi connectivity index (χ3n) is 2.67. The number of hydrogen-bond donors (Lipinski definition) is 2. The Balaban J connectivity index is 3.22. The number of carboxylic acid groups (broad SMARTS) is 1. The maximum atomic E-state index is 12.7. The zero-order chi connectivity index (χ0) is 14.8. The quantitative estimate of drug-likeness (QED) is 0.888. The number of carboxylic acids is 1. The molecule has 1 aromatic rings. The smallest absolute Gasteiger partial charge is 0.420 e. The van der Waals surface area contributed by atoms with E-state index in [9.17, 15) is 23.1 Å². The van der Waals surface area contributed by atoms with Crippen molar-refractivity contribution in [2.24, 2.45) is 5.92 Å². The summed E-state index contributed by atoms with van der Waals surface area (Å²) in [5.74, 6) is -3.29. The molecule has 0 amide bonds. The number of alkyl halides is 3. The van der Waals surface area contributed by atoms with Gasteiger partial charge >= 0.3 is 12.1 Å². The van der Waals surface area contributed by atoms with Crippen LogP contribution >= 0.6 is 0 Å². The lowest BCUT2D eigenvalue weighted by molar-refractivity contribution is -0.141. The van der Waals surface area contributed by atoms with Crippen molar-refractivity contribution >= 4 is 5.97 Å². The summed E-state index contributed by atoms with van der Waals surface area (Å²) in [6.07, 6.45) is -4.74. The third kappa shape index (κ3) is 3.30. The number of aromatic hydroxyl groups is 1. The molecule has 0 bridgehead atoms. The van der Waals surface area contributed by atoms with Crippen molar-refractivity contribution in [3.63, 3.8) is 0 Å². The molecular formula is C12H13F3O4. The van der Waals surface area contributed by atoms with E-state index in [0.29, 0.717) is 0 Å². The summed E-state index contributed by atoms with van der Waals surface area (Å²) in [6, 6.07) is 1.82. The van der Waals surface area contributed by atoms with E-state index in [2.05, 4.69) is 4.74 Å². The van der Waals surface area contributed by atoms with Crippen molar-refractivity contribution < 1.29 is 32.9 Å². The molecule has 1 atom stereocenters. The summed E-state index contributed by atoms with van der Waals surface area (Å²) >= 11 is 0. The largest absolute Gasteiger partial charge is 0.504 e. The Morgan fingerprint density at radius 1 is 1.42 bits per heavy atom. The van der Waals surface area contributed by atoms with Crippen LogP contribution in [0.2, 0.25) is 0 Å². The summed E-state index contributed by atoms with van der Waals surface area (Å²) in [5, 5.41) is 18.5. The highest BCUT2D eigenvalue weighted by Gasteiger charge is 2.36. The van der Waals surface area contributed by atoms with E-state index in [4.69, 9.17) is 5.11 Å². The van der Waals surface area contributed by atoms with Gasteiger partial charge in [0.15, 0.2) is 11.5 Å². The van der Waals surface area contributed by atoms with Gasteiger partial charge in [-0.25, -0.2) is 0 Å². The van der Waals surface area contributed by atoms with Gasteiger partial charge < -0.3 is 14.9 Å². The monoisotopic (exact) mass is 278 g/mol. The van der Waals surface area contributed by atoms with Crippen molar-refractivity contribution in [3.8, 4) is 11.5 Å². The maximum absolute atomic E-state index is 12.7. The van der Waals surface area contributed by atoms with Gasteiger partial charge in [-0.1, -0.05) is 13.0 Å². The second kappa shape index (κ2) is 5.38. The molecule has 0 saturated heterocycles. The normalized spacial score (nSPS) is 13.1. The van der Waals surface area contributed by atoms with E-state index in [1.54, 1.807) is 0 Å². The summed E-state index contributed by atoms with van der Waals surface area (Å²) in [6.45, 7) is 1.39. The molecule has 0 heterocycles. The third-order valence-corrected chi connectivity index (χ3v) is 2.67. The summed E-state index contributed by atoms with van der Waals surface area (Å²) in [4.78, 5) is 10.7. The Kier molecular flexibility index (Phi) is 4.28. The Morgan fingerprint density at radius 3 is 2.42 bits per heavy atom. The van der Waals surface area contributed by atoms with Crippen LogP contribution in [0, 0.1) is 5.92 Å². The number of hydrogen-bond acceptors (Lipinski definition) is 3. The molecular weight excluding hydrogens is 265 g/mol. The number of carbonyl (C=O) groups is 1. The van der Waals surface area contributed by atoms with Crippen molar-refractivity contribution in [1.29, 1.82) is 0 Å². The van der Waals surface area contributed by atoms with Crippen LogP contribution in [0.1, 0.15) is 18.1 Å². The fourth-order valence-electron chi connectivity index (χ4n) is 1.62. The van der Waals surface area contributed by atoms with E-state index < -0.39 is 35.1 Å². The van der Waals surface area contributed by atoms with Crippen LogP contribution in [0.4, 0.5) is 13.2 Å². The minimum atomic E-state index is -4.65. The second-order valence-corrected chi connectivity index (χ2v) is 4.10. The highest BCUT2D eigenvalue weighted by atomic mass is 19.4. The van der Waals surface area contributed by atoms with Crippen molar-refractivity contribution in [1.82, 2.24) is 0 Å². The molecule has 4 nitrogen and oxygen atoms in total. The lowest BCUT2D eigenvalue weighted by atomic mass is 9.98. The lowest BCUT2D eigenvalue weighted by Gasteiger charge is -2.16. The molecule has 1 aromatic carbocycles. The van der Waals surface area contributed by atoms with Crippen molar-refractivity contribution in [2.45, 2.75) is 19.5 Å². The molecule has 106 valence electrons. The number of phenols is 1. The minimum Gasteiger partial charge on any atom is -0.504 e. The van der Waals surface area contributed by atoms with E-state index >= 15 is 0 Å². The van der Waals surface area contributed by atoms with Crippen LogP contribution in [0.3, 0.4) is 0 Å². The molecule has 0 radical (unpaired) electrons. The van der Waals surface area contributed by atoms with Gasteiger partial charge in [-0.15, -0.1) is 0 Å². The maximum Gasteiger partial charge on any atom is 0.420 e. The second-order valence-electron chi connectivity index (χ2n) is 4.10. The number of benzene rings is 1. The number of ether oxygens (including phenoxy) is 1. The Labute approximate surface area is 107 Å². The molecule has 0 aliphatic rings. The highest BCUT2D eigenvalue weighted by Crippen LogP contribution is 2.43. The van der Waals surface area contributed by atoms with Gasteiger partial charge in [0.2, 0.25) is 0 Å². The molecule has 1 rings (SSSR count). The van der Waals surface area contributed by atoms with E-state index in [-0.39, 0.29) is 12.0 Å². The Morgan fingerprint density at radius 2 is 2.00 bits per heavy atom. The lowest BCUT2D eigenvalue weighted by Crippen LogP contribution is -2.13. The Hall–Kier alpha value is -1.92. The van der Waals surface area contributed by atoms with Gasteiger partial charge in [0.25, 0.3) is 0 Å². The molecule has 0 aromatic heterocycles. The van der Waals surface area contributed by atoms with Crippen molar-refractivity contribution in [3.05, 3.63) is 23.3 Å². The average molecular weight is 278 g/mol. The van der Waals surface area contributed by atoms with Crippen LogP contribution in [0.15, 0.2) is 12.1 Å². The molecule has 1 unspecified atom stereocenters. The highest BCUT2D eigenvalue weighted by molar-refractivity contribution is 5.70. The van der Waals surface area contributed by atoms with E-state index in [1.807, 2.05) is 0 Å².